The molecule has 0 saturated carbocycles. The van der Waals surface area contributed by atoms with Crippen molar-refractivity contribution in [2.75, 3.05) is 18.1 Å². The number of hydrogen-bond acceptors (Lipinski definition) is 3. The molecule has 0 atom stereocenters. The highest BCUT2D eigenvalue weighted by Crippen LogP contribution is 2.25. The molecule has 0 radical (unpaired) electrons. The Hall–Kier alpha value is -1.49. The highest BCUT2D eigenvalue weighted by atomic mass is 79.9. The molecule has 0 aliphatic carbocycles. The average Bonchev–Trinajstić information content (AvgIpc) is 2.73. The first kappa shape index (κ1) is 13.9. The summed E-state index contributed by atoms with van der Waals surface area (Å²) in [6.45, 7) is 5.13. The molecule has 1 aromatic carbocycles. The predicted octanol–water partition coefficient (Wildman–Crippen LogP) is 3.44. The van der Waals surface area contributed by atoms with Crippen molar-refractivity contribution in [2.45, 2.75) is 26.3 Å². The number of nitrogen functional groups attached to an aromatic ring is 1. The number of nitrogens with one attached hydrogen (secondary N) is 1. The predicted molar refractivity (Wildman–Crippen MR) is 83.5 cm³/mol. The van der Waals surface area contributed by atoms with Crippen molar-refractivity contribution >= 4 is 27.3 Å². The van der Waals surface area contributed by atoms with Crippen molar-refractivity contribution in [1.82, 2.24) is 9.55 Å². The third-order valence-electron chi connectivity index (χ3n) is 3.12. The van der Waals surface area contributed by atoms with E-state index in [-0.39, 0.29) is 0 Å². The van der Waals surface area contributed by atoms with Gasteiger partial charge < -0.3 is 15.6 Å². The highest BCUT2D eigenvalue weighted by molar-refractivity contribution is 9.10. The van der Waals surface area contributed by atoms with E-state index in [9.17, 15) is 0 Å². The molecule has 0 aliphatic rings. The molecule has 0 aliphatic heterocycles. The van der Waals surface area contributed by atoms with Gasteiger partial charge in [-0.25, -0.2) is 4.98 Å². The Kier molecular flexibility index (Phi) is 4.14. The number of aromatic nitrogens is 2. The van der Waals surface area contributed by atoms with E-state index in [2.05, 4.69) is 50.7 Å². The second-order valence-electron chi connectivity index (χ2n) is 4.87. The molecule has 0 unspecified atom stereocenters. The molecule has 0 amide bonds. The Labute approximate surface area is 122 Å². The van der Waals surface area contributed by atoms with E-state index in [1.165, 1.54) is 11.3 Å². The summed E-state index contributed by atoms with van der Waals surface area (Å²) < 4.78 is 3.09. The van der Waals surface area contributed by atoms with E-state index < -0.39 is 0 Å². The minimum absolute atomic E-state index is 0.425. The molecule has 3 N–H and O–H groups in total. The van der Waals surface area contributed by atoms with Gasteiger partial charge >= 0.3 is 0 Å². The zero-order chi connectivity index (χ0) is 14.0. The van der Waals surface area contributed by atoms with Crippen LogP contribution in [0.5, 0.6) is 0 Å². The Bertz CT molecular complexity index is 575. The zero-order valence-electron chi connectivity index (χ0n) is 11.4. The van der Waals surface area contributed by atoms with Crippen LogP contribution in [0.1, 0.15) is 31.0 Å². The smallest absolute Gasteiger partial charge is 0.127 e. The van der Waals surface area contributed by atoms with Gasteiger partial charge in [-0.3, -0.25) is 0 Å². The lowest BCUT2D eigenvalue weighted by atomic mass is 10.1. The van der Waals surface area contributed by atoms with Gasteiger partial charge in [0.25, 0.3) is 0 Å². The molecular formula is C14H19BrN4. The van der Waals surface area contributed by atoms with Crippen LogP contribution in [0.3, 0.4) is 0 Å². The normalized spacial score (nSPS) is 11.0. The standard InChI is InChI=1S/C14H19BrN4/c1-9(2)13-14(15)18-8-19(13)7-10-4-5-11(16)12(6-10)17-3/h4-6,8-9,17H,7,16H2,1-3H3. The van der Waals surface area contributed by atoms with Gasteiger partial charge in [0, 0.05) is 13.6 Å². The number of nitrogens with two attached hydrogens (primary N) is 1. The molecule has 2 aromatic rings. The van der Waals surface area contributed by atoms with Crippen molar-refractivity contribution in [1.29, 1.82) is 0 Å². The summed E-state index contributed by atoms with van der Waals surface area (Å²) in [4.78, 5) is 4.33. The number of benzene rings is 1. The zero-order valence-corrected chi connectivity index (χ0v) is 13.0. The molecule has 0 bridgehead atoms. The van der Waals surface area contributed by atoms with Crippen LogP contribution in [0.15, 0.2) is 29.1 Å². The number of nitrogens with zero attached hydrogens (tertiary/aromatic N) is 2. The van der Waals surface area contributed by atoms with Crippen LogP contribution >= 0.6 is 15.9 Å². The number of halogens is 1. The van der Waals surface area contributed by atoms with Gasteiger partial charge in [0.15, 0.2) is 0 Å². The first-order valence-corrected chi connectivity index (χ1v) is 7.09. The third kappa shape index (κ3) is 2.92. The van der Waals surface area contributed by atoms with Crippen molar-refractivity contribution in [3.63, 3.8) is 0 Å². The van der Waals surface area contributed by atoms with Crippen LogP contribution in [0, 0.1) is 0 Å². The van der Waals surface area contributed by atoms with Crippen molar-refractivity contribution in [3.8, 4) is 0 Å². The summed E-state index contributed by atoms with van der Waals surface area (Å²) >= 11 is 3.51. The summed E-state index contributed by atoms with van der Waals surface area (Å²) in [5, 5.41) is 3.10. The minimum Gasteiger partial charge on any atom is -0.397 e. The van der Waals surface area contributed by atoms with Crippen molar-refractivity contribution in [2.24, 2.45) is 0 Å². The van der Waals surface area contributed by atoms with E-state index in [4.69, 9.17) is 5.73 Å². The summed E-state index contributed by atoms with van der Waals surface area (Å²) in [6.07, 6.45) is 1.87. The second-order valence-corrected chi connectivity index (χ2v) is 5.63. The summed E-state index contributed by atoms with van der Waals surface area (Å²) in [5.41, 5.74) is 10.0. The third-order valence-corrected chi connectivity index (χ3v) is 3.73. The lowest BCUT2D eigenvalue weighted by molar-refractivity contribution is 0.689. The number of hydrogen-bond donors (Lipinski definition) is 2. The molecule has 0 saturated heterocycles. The van der Waals surface area contributed by atoms with E-state index in [0.717, 1.165) is 22.5 Å². The van der Waals surface area contributed by atoms with Crippen molar-refractivity contribution < 1.29 is 0 Å². The Balaban J connectivity index is 2.31. The second kappa shape index (κ2) is 5.65. The molecule has 19 heavy (non-hydrogen) atoms. The summed E-state index contributed by atoms with van der Waals surface area (Å²) in [5.74, 6) is 0.425. The largest absolute Gasteiger partial charge is 0.397 e. The fourth-order valence-electron chi connectivity index (χ4n) is 2.18. The van der Waals surface area contributed by atoms with Gasteiger partial charge in [0.05, 0.1) is 23.4 Å². The first-order chi connectivity index (χ1) is 9.02. The van der Waals surface area contributed by atoms with Gasteiger partial charge in [0.1, 0.15) is 4.60 Å². The monoisotopic (exact) mass is 322 g/mol. The van der Waals surface area contributed by atoms with Gasteiger partial charge in [-0.2, -0.15) is 0 Å². The maximum Gasteiger partial charge on any atom is 0.127 e. The summed E-state index contributed by atoms with van der Waals surface area (Å²) in [7, 11) is 1.88. The molecule has 0 spiro atoms. The van der Waals surface area contributed by atoms with Crippen molar-refractivity contribution in [3.05, 3.63) is 40.4 Å². The van der Waals surface area contributed by atoms with Crippen LogP contribution in [0.2, 0.25) is 0 Å². The quantitative estimate of drug-likeness (QED) is 0.848. The van der Waals surface area contributed by atoms with E-state index in [1.807, 2.05) is 25.5 Å². The maximum atomic E-state index is 5.89. The van der Waals surface area contributed by atoms with Gasteiger partial charge in [-0.1, -0.05) is 19.9 Å². The molecule has 1 aromatic heterocycles. The lowest BCUT2D eigenvalue weighted by Gasteiger charge is -2.13. The molecule has 1 heterocycles. The average molecular weight is 323 g/mol. The van der Waals surface area contributed by atoms with E-state index in [1.54, 1.807) is 0 Å². The Morgan fingerprint density at radius 2 is 2.16 bits per heavy atom. The number of imidazole rings is 1. The topological polar surface area (TPSA) is 55.9 Å². The van der Waals surface area contributed by atoms with E-state index in [0.29, 0.717) is 5.92 Å². The Morgan fingerprint density at radius 3 is 2.79 bits per heavy atom. The highest BCUT2D eigenvalue weighted by Gasteiger charge is 2.12. The van der Waals surface area contributed by atoms with Crippen LogP contribution in [-0.2, 0) is 6.54 Å². The SMILES string of the molecule is CNc1cc(Cn2cnc(Br)c2C(C)C)ccc1N. The summed E-state index contributed by atoms with van der Waals surface area (Å²) in [6, 6.07) is 6.06. The minimum atomic E-state index is 0.425. The number of rotatable bonds is 4. The molecule has 5 heteroatoms. The van der Waals surface area contributed by atoms with Gasteiger partial charge in [-0.15, -0.1) is 0 Å². The van der Waals surface area contributed by atoms with Crippen LogP contribution in [0.25, 0.3) is 0 Å². The first-order valence-electron chi connectivity index (χ1n) is 6.29. The molecule has 2 rings (SSSR count). The molecule has 102 valence electrons. The maximum absolute atomic E-state index is 5.89. The number of anilines is 2. The fraction of sp³-hybridized carbons (Fsp3) is 0.357. The van der Waals surface area contributed by atoms with Gasteiger partial charge in [0.2, 0.25) is 0 Å². The van der Waals surface area contributed by atoms with Crippen LogP contribution in [-0.4, -0.2) is 16.6 Å². The molecular weight excluding hydrogens is 304 g/mol. The fourth-order valence-corrected chi connectivity index (χ4v) is 2.96. The van der Waals surface area contributed by atoms with Gasteiger partial charge in [-0.05, 0) is 39.5 Å². The van der Waals surface area contributed by atoms with E-state index >= 15 is 0 Å². The molecule has 0 fully saturated rings. The lowest BCUT2D eigenvalue weighted by Crippen LogP contribution is -2.06. The van der Waals surface area contributed by atoms with Crippen LogP contribution in [0.4, 0.5) is 11.4 Å². The molecule has 4 nitrogen and oxygen atoms in total. The van der Waals surface area contributed by atoms with Crippen LogP contribution < -0.4 is 11.1 Å². The Morgan fingerprint density at radius 1 is 1.42 bits per heavy atom.